The van der Waals surface area contributed by atoms with Crippen molar-refractivity contribution < 1.29 is 9.90 Å². The van der Waals surface area contributed by atoms with Crippen LogP contribution in [0.15, 0.2) is 54.7 Å². The van der Waals surface area contributed by atoms with Crippen LogP contribution in [0.3, 0.4) is 0 Å². The number of hydrogen-bond acceptors (Lipinski definition) is 3. The van der Waals surface area contributed by atoms with Crippen LogP contribution < -0.4 is 5.32 Å². The highest BCUT2D eigenvalue weighted by Gasteiger charge is 2.12. The van der Waals surface area contributed by atoms with Crippen LogP contribution >= 0.6 is 0 Å². The van der Waals surface area contributed by atoms with Gasteiger partial charge in [-0.05, 0) is 36.8 Å². The van der Waals surface area contributed by atoms with Gasteiger partial charge in [-0.2, -0.15) is 0 Å². The summed E-state index contributed by atoms with van der Waals surface area (Å²) in [5.41, 5.74) is 2.62. The summed E-state index contributed by atoms with van der Waals surface area (Å²) in [6.07, 6.45) is 1.60. The summed E-state index contributed by atoms with van der Waals surface area (Å²) < 4.78 is 0. The Morgan fingerprint density at radius 2 is 1.95 bits per heavy atom. The third kappa shape index (κ3) is 2.56. The maximum absolute atomic E-state index is 12.4. The molecular weight excluding hydrogens is 264 g/mol. The van der Waals surface area contributed by atoms with Crippen molar-refractivity contribution in [3.8, 4) is 5.75 Å². The van der Waals surface area contributed by atoms with Crippen molar-refractivity contribution in [2.75, 3.05) is 5.32 Å². The number of benzene rings is 2. The number of aryl methyl sites for hydroxylation is 1. The Morgan fingerprint density at radius 3 is 2.76 bits per heavy atom. The van der Waals surface area contributed by atoms with E-state index in [1.807, 2.05) is 37.3 Å². The highest BCUT2D eigenvalue weighted by atomic mass is 16.3. The minimum absolute atomic E-state index is 0.0571. The molecule has 0 radical (unpaired) electrons. The molecule has 0 aliphatic carbocycles. The molecule has 1 aromatic heterocycles. The number of carbonyl (C=O) groups is 1. The van der Waals surface area contributed by atoms with Gasteiger partial charge < -0.3 is 10.4 Å². The summed E-state index contributed by atoms with van der Waals surface area (Å²) in [6, 6.07) is 14.3. The molecule has 2 aromatic carbocycles. The molecule has 0 unspecified atom stereocenters. The molecule has 0 aliphatic heterocycles. The monoisotopic (exact) mass is 278 g/mol. The number of anilines is 1. The molecular formula is C17H14N2O2. The second-order valence-electron chi connectivity index (χ2n) is 4.85. The van der Waals surface area contributed by atoms with Crippen LogP contribution in [0.5, 0.6) is 5.75 Å². The van der Waals surface area contributed by atoms with Crippen molar-refractivity contribution in [1.29, 1.82) is 0 Å². The van der Waals surface area contributed by atoms with Crippen molar-refractivity contribution in [3.63, 3.8) is 0 Å². The SMILES string of the molecule is Cc1ccc(NC(=O)c2ccnc3ccccc23)c(O)c1. The molecule has 104 valence electrons. The van der Waals surface area contributed by atoms with E-state index in [1.54, 1.807) is 24.4 Å². The van der Waals surface area contributed by atoms with E-state index in [1.165, 1.54) is 0 Å². The summed E-state index contributed by atoms with van der Waals surface area (Å²) in [4.78, 5) is 16.6. The van der Waals surface area contributed by atoms with Gasteiger partial charge in [0.25, 0.3) is 5.91 Å². The number of nitrogens with one attached hydrogen (secondary N) is 1. The number of pyridine rings is 1. The van der Waals surface area contributed by atoms with Crippen molar-refractivity contribution in [3.05, 3.63) is 65.9 Å². The smallest absolute Gasteiger partial charge is 0.256 e. The fourth-order valence-electron chi connectivity index (χ4n) is 2.23. The molecule has 0 saturated heterocycles. The van der Waals surface area contributed by atoms with Crippen LogP contribution in [0.2, 0.25) is 0 Å². The van der Waals surface area contributed by atoms with Gasteiger partial charge in [0, 0.05) is 11.6 Å². The average molecular weight is 278 g/mol. The second-order valence-corrected chi connectivity index (χ2v) is 4.85. The molecule has 0 aliphatic rings. The number of aromatic hydroxyl groups is 1. The zero-order valence-corrected chi connectivity index (χ0v) is 11.5. The highest BCUT2D eigenvalue weighted by molar-refractivity contribution is 6.12. The minimum Gasteiger partial charge on any atom is -0.506 e. The van der Waals surface area contributed by atoms with Crippen molar-refractivity contribution in [1.82, 2.24) is 4.98 Å². The molecule has 3 rings (SSSR count). The van der Waals surface area contributed by atoms with Gasteiger partial charge in [0.05, 0.1) is 16.8 Å². The molecule has 2 N–H and O–H groups in total. The number of nitrogens with zero attached hydrogens (tertiary/aromatic N) is 1. The molecule has 1 heterocycles. The molecule has 21 heavy (non-hydrogen) atoms. The summed E-state index contributed by atoms with van der Waals surface area (Å²) in [6.45, 7) is 1.88. The number of hydrogen-bond donors (Lipinski definition) is 2. The van der Waals surface area contributed by atoms with Crippen LogP contribution in [0.1, 0.15) is 15.9 Å². The Labute approximate surface area is 122 Å². The van der Waals surface area contributed by atoms with Crippen LogP contribution in [0, 0.1) is 6.92 Å². The van der Waals surface area contributed by atoms with Crippen molar-refractivity contribution in [2.24, 2.45) is 0 Å². The number of amides is 1. The summed E-state index contributed by atoms with van der Waals surface area (Å²) in [7, 11) is 0. The van der Waals surface area contributed by atoms with E-state index >= 15 is 0 Å². The predicted molar refractivity (Wildman–Crippen MR) is 82.5 cm³/mol. The molecule has 0 spiro atoms. The molecule has 0 fully saturated rings. The van der Waals surface area contributed by atoms with Crippen LogP contribution in [0.4, 0.5) is 5.69 Å². The number of rotatable bonds is 2. The van der Waals surface area contributed by atoms with Crippen LogP contribution in [-0.2, 0) is 0 Å². The zero-order valence-electron chi connectivity index (χ0n) is 11.5. The summed E-state index contributed by atoms with van der Waals surface area (Å²) >= 11 is 0. The Kier molecular flexibility index (Phi) is 3.28. The standard InChI is InChI=1S/C17H14N2O2/c1-11-6-7-15(16(20)10-11)19-17(21)13-8-9-18-14-5-3-2-4-12(13)14/h2-10,20H,1H3,(H,19,21). The number of aromatic nitrogens is 1. The number of carbonyl (C=O) groups excluding carboxylic acids is 1. The van der Waals surface area contributed by atoms with Gasteiger partial charge in [-0.1, -0.05) is 24.3 Å². The van der Waals surface area contributed by atoms with E-state index in [-0.39, 0.29) is 11.7 Å². The van der Waals surface area contributed by atoms with Gasteiger partial charge >= 0.3 is 0 Å². The van der Waals surface area contributed by atoms with E-state index in [4.69, 9.17) is 0 Å². The van der Waals surface area contributed by atoms with Gasteiger partial charge in [0.15, 0.2) is 0 Å². The fraction of sp³-hybridized carbons (Fsp3) is 0.0588. The Hall–Kier alpha value is -2.88. The second kappa shape index (κ2) is 5.25. The number of phenolic OH excluding ortho intramolecular Hbond substituents is 1. The van der Waals surface area contributed by atoms with Gasteiger partial charge in [0.2, 0.25) is 0 Å². The topological polar surface area (TPSA) is 62.2 Å². The predicted octanol–water partition coefficient (Wildman–Crippen LogP) is 3.50. The normalized spacial score (nSPS) is 10.5. The number of fused-ring (bicyclic) bond motifs is 1. The highest BCUT2D eigenvalue weighted by Crippen LogP contribution is 2.25. The molecule has 0 atom stereocenters. The third-order valence-electron chi connectivity index (χ3n) is 3.30. The Balaban J connectivity index is 1.97. The van der Waals surface area contributed by atoms with Crippen molar-refractivity contribution in [2.45, 2.75) is 6.92 Å². The van der Waals surface area contributed by atoms with E-state index < -0.39 is 0 Å². The number of phenols is 1. The zero-order chi connectivity index (χ0) is 14.8. The van der Waals surface area contributed by atoms with Gasteiger partial charge in [-0.3, -0.25) is 9.78 Å². The van der Waals surface area contributed by atoms with E-state index in [0.717, 1.165) is 16.5 Å². The maximum Gasteiger partial charge on any atom is 0.256 e. The van der Waals surface area contributed by atoms with E-state index in [0.29, 0.717) is 11.3 Å². The fourth-order valence-corrected chi connectivity index (χ4v) is 2.23. The van der Waals surface area contributed by atoms with Crippen LogP contribution in [-0.4, -0.2) is 16.0 Å². The first-order valence-corrected chi connectivity index (χ1v) is 6.60. The third-order valence-corrected chi connectivity index (χ3v) is 3.30. The lowest BCUT2D eigenvalue weighted by Gasteiger charge is -2.09. The molecule has 4 heteroatoms. The molecule has 4 nitrogen and oxygen atoms in total. The first-order chi connectivity index (χ1) is 10.1. The molecule has 3 aromatic rings. The number of para-hydroxylation sites is 1. The van der Waals surface area contributed by atoms with Crippen molar-refractivity contribution >= 4 is 22.5 Å². The van der Waals surface area contributed by atoms with Gasteiger partial charge in [0.1, 0.15) is 5.75 Å². The Bertz CT molecular complexity index is 823. The minimum atomic E-state index is -0.271. The molecule has 1 amide bonds. The van der Waals surface area contributed by atoms with Crippen LogP contribution in [0.25, 0.3) is 10.9 Å². The first-order valence-electron chi connectivity index (χ1n) is 6.60. The lowest BCUT2D eigenvalue weighted by molar-refractivity contribution is 0.102. The Morgan fingerprint density at radius 1 is 1.14 bits per heavy atom. The lowest BCUT2D eigenvalue weighted by Crippen LogP contribution is -2.12. The maximum atomic E-state index is 12.4. The largest absolute Gasteiger partial charge is 0.506 e. The van der Waals surface area contributed by atoms with Gasteiger partial charge in [-0.15, -0.1) is 0 Å². The summed E-state index contributed by atoms with van der Waals surface area (Å²) in [5.74, 6) is -0.213. The quantitative estimate of drug-likeness (QED) is 0.705. The van der Waals surface area contributed by atoms with Gasteiger partial charge in [-0.25, -0.2) is 0 Å². The average Bonchev–Trinajstić information content (AvgIpc) is 2.49. The van der Waals surface area contributed by atoms with E-state index in [9.17, 15) is 9.90 Å². The molecule has 0 saturated carbocycles. The lowest BCUT2D eigenvalue weighted by atomic mass is 10.1. The first kappa shape index (κ1) is 13.1. The molecule has 0 bridgehead atoms. The van der Waals surface area contributed by atoms with E-state index in [2.05, 4.69) is 10.3 Å². The summed E-state index contributed by atoms with van der Waals surface area (Å²) in [5, 5.41) is 13.4.